The lowest BCUT2D eigenvalue weighted by atomic mass is 10.1. The van der Waals surface area contributed by atoms with Gasteiger partial charge in [0.2, 0.25) is 5.91 Å². The Labute approximate surface area is 137 Å². The summed E-state index contributed by atoms with van der Waals surface area (Å²) >= 11 is 6.14. The summed E-state index contributed by atoms with van der Waals surface area (Å²) in [6, 6.07) is 5.65. The fraction of sp³-hybridized carbons (Fsp3) is 0.533. The van der Waals surface area contributed by atoms with Crippen molar-refractivity contribution in [3.05, 3.63) is 23.2 Å². The Morgan fingerprint density at radius 3 is 2.90 bits per heavy atom. The molecule has 2 rings (SSSR count). The lowest BCUT2D eigenvalue weighted by Crippen LogP contribution is -2.27. The van der Waals surface area contributed by atoms with E-state index < -0.39 is 0 Å². The van der Waals surface area contributed by atoms with Crippen LogP contribution in [0.15, 0.2) is 18.2 Å². The number of ether oxygens (including phenoxy) is 1. The molecule has 0 spiro atoms. The summed E-state index contributed by atoms with van der Waals surface area (Å²) < 4.78 is 5.68. The molecule has 1 heterocycles. The fourth-order valence-corrected chi connectivity index (χ4v) is 2.54. The van der Waals surface area contributed by atoms with Gasteiger partial charge in [-0.25, -0.2) is 0 Å². The standard InChI is InChI=1S/C15H21ClN2O2.ClH/c1-10(2)20-15-12(16)6-3-7-13(15)18-14(19)9-11-5-4-8-17-11;/h3,6-7,10-11,17H,4-5,8-9H2,1-2H3,(H,18,19);1H. The van der Waals surface area contributed by atoms with E-state index in [0.717, 1.165) is 19.4 Å². The summed E-state index contributed by atoms with van der Waals surface area (Å²) in [7, 11) is 0. The summed E-state index contributed by atoms with van der Waals surface area (Å²) in [4.78, 5) is 12.1. The number of hydrogen-bond donors (Lipinski definition) is 2. The number of hydrogen-bond acceptors (Lipinski definition) is 3. The molecule has 0 aromatic heterocycles. The molecule has 21 heavy (non-hydrogen) atoms. The average molecular weight is 333 g/mol. The minimum atomic E-state index is -0.0136. The fourth-order valence-electron chi connectivity index (χ4n) is 2.32. The Kier molecular flexibility index (Phi) is 7.29. The first-order valence-electron chi connectivity index (χ1n) is 7.04. The van der Waals surface area contributed by atoms with Crippen LogP contribution in [-0.2, 0) is 4.79 Å². The molecule has 1 atom stereocenters. The van der Waals surface area contributed by atoms with Gasteiger partial charge >= 0.3 is 0 Å². The third-order valence-electron chi connectivity index (χ3n) is 3.19. The summed E-state index contributed by atoms with van der Waals surface area (Å²) in [5.41, 5.74) is 0.634. The van der Waals surface area contributed by atoms with Crippen LogP contribution in [0.4, 0.5) is 5.69 Å². The number of benzene rings is 1. The molecule has 0 bridgehead atoms. The normalized spacial score (nSPS) is 17.4. The van der Waals surface area contributed by atoms with Crippen molar-refractivity contribution in [3.8, 4) is 5.75 Å². The summed E-state index contributed by atoms with van der Waals surface area (Å²) in [5, 5.41) is 6.72. The van der Waals surface area contributed by atoms with E-state index in [1.165, 1.54) is 0 Å². The Morgan fingerprint density at radius 2 is 2.29 bits per heavy atom. The molecule has 1 aromatic carbocycles. The minimum Gasteiger partial charge on any atom is -0.487 e. The maximum absolute atomic E-state index is 12.1. The van der Waals surface area contributed by atoms with E-state index in [1.807, 2.05) is 19.9 Å². The van der Waals surface area contributed by atoms with Gasteiger partial charge in [0.1, 0.15) is 0 Å². The molecule has 0 saturated carbocycles. The predicted octanol–water partition coefficient (Wildman–Crippen LogP) is 3.63. The van der Waals surface area contributed by atoms with E-state index in [2.05, 4.69) is 10.6 Å². The summed E-state index contributed by atoms with van der Waals surface area (Å²) in [6.07, 6.45) is 2.67. The SMILES string of the molecule is CC(C)Oc1c(Cl)cccc1NC(=O)CC1CCCN1.Cl. The van der Waals surface area contributed by atoms with Gasteiger partial charge in [0.15, 0.2) is 5.75 Å². The molecule has 2 N–H and O–H groups in total. The number of anilines is 1. The molecule has 1 fully saturated rings. The number of rotatable bonds is 5. The predicted molar refractivity (Wildman–Crippen MR) is 88.7 cm³/mol. The van der Waals surface area contributed by atoms with Crippen molar-refractivity contribution in [2.75, 3.05) is 11.9 Å². The topological polar surface area (TPSA) is 50.4 Å². The molecular formula is C15H22Cl2N2O2. The molecule has 0 aliphatic carbocycles. The second-order valence-corrected chi connectivity index (χ2v) is 5.74. The quantitative estimate of drug-likeness (QED) is 0.865. The van der Waals surface area contributed by atoms with Crippen LogP contribution < -0.4 is 15.4 Å². The van der Waals surface area contributed by atoms with E-state index in [4.69, 9.17) is 16.3 Å². The van der Waals surface area contributed by atoms with E-state index in [1.54, 1.807) is 12.1 Å². The molecule has 1 aromatic rings. The third-order valence-corrected chi connectivity index (χ3v) is 3.49. The molecule has 1 aliphatic heterocycles. The number of amides is 1. The van der Waals surface area contributed by atoms with Crippen molar-refractivity contribution >= 4 is 35.6 Å². The molecule has 0 radical (unpaired) electrons. The van der Waals surface area contributed by atoms with E-state index >= 15 is 0 Å². The number of carbonyl (C=O) groups excluding carboxylic acids is 1. The third kappa shape index (κ3) is 5.38. The molecule has 1 unspecified atom stereocenters. The van der Waals surface area contributed by atoms with Crippen LogP contribution in [0.5, 0.6) is 5.75 Å². The summed E-state index contributed by atoms with van der Waals surface area (Å²) in [5.74, 6) is 0.525. The highest BCUT2D eigenvalue weighted by Crippen LogP contribution is 2.33. The molecule has 118 valence electrons. The Hall–Kier alpha value is -0.970. The van der Waals surface area contributed by atoms with Gasteiger partial charge in [-0.05, 0) is 45.4 Å². The number of carbonyl (C=O) groups is 1. The molecule has 1 aliphatic rings. The summed E-state index contributed by atoms with van der Waals surface area (Å²) in [6.45, 7) is 4.85. The van der Waals surface area contributed by atoms with Crippen LogP contribution in [0.2, 0.25) is 5.02 Å². The smallest absolute Gasteiger partial charge is 0.226 e. The van der Waals surface area contributed by atoms with Gasteiger partial charge < -0.3 is 15.4 Å². The highest BCUT2D eigenvalue weighted by Gasteiger charge is 2.19. The van der Waals surface area contributed by atoms with Crippen molar-refractivity contribution in [2.24, 2.45) is 0 Å². The van der Waals surface area contributed by atoms with E-state index in [0.29, 0.717) is 22.9 Å². The highest BCUT2D eigenvalue weighted by atomic mass is 35.5. The first-order valence-corrected chi connectivity index (χ1v) is 7.42. The van der Waals surface area contributed by atoms with Gasteiger partial charge in [0, 0.05) is 12.5 Å². The Morgan fingerprint density at radius 1 is 1.52 bits per heavy atom. The Balaban J connectivity index is 0.00000220. The van der Waals surface area contributed by atoms with Crippen molar-refractivity contribution in [1.82, 2.24) is 5.32 Å². The van der Waals surface area contributed by atoms with Crippen molar-refractivity contribution in [2.45, 2.75) is 45.3 Å². The van der Waals surface area contributed by atoms with Crippen molar-refractivity contribution < 1.29 is 9.53 Å². The highest BCUT2D eigenvalue weighted by molar-refractivity contribution is 6.32. The maximum Gasteiger partial charge on any atom is 0.226 e. The van der Waals surface area contributed by atoms with Gasteiger partial charge in [-0.15, -0.1) is 12.4 Å². The van der Waals surface area contributed by atoms with Crippen LogP contribution >= 0.6 is 24.0 Å². The van der Waals surface area contributed by atoms with E-state index in [9.17, 15) is 4.79 Å². The minimum absolute atomic E-state index is 0. The number of nitrogens with one attached hydrogen (secondary N) is 2. The Bertz CT molecular complexity index is 475. The van der Waals surface area contributed by atoms with Crippen LogP contribution in [0.3, 0.4) is 0 Å². The molecule has 4 nitrogen and oxygen atoms in total. The van der Waals surface area contributed by atoms with E-state index in [-0.39, 0.29) is 30.5 Å². The van der Waals surface area contributed by atoms with Crippen LogP contribution in [0, 0.1) is 0 Å². The lowest BCUT2D eigenvalue weighted by molar-refractivity contribution is -0.116. The first kappa shape index (κ1) is 18.1. The van der Waals surface area contributed by atoms with Gasteiger partial charge in [-0.1, -0.05) is 17.7 Å². The van der Waals surface area contributed by atoms with Gasteiger partial charge in [0.05, 0.1) is 16.8 Å². The van der Waals surface area contributed by atoms with Crippen molar-refractivity contribution in [1.29, 1.82) is 0 Å². The average Bonchev–Trinajstić information content (AvgIpc) is 2.86. The second-order valence-electron chi connectivity index (χ2n) is 5.33. The van der Waals surface area contributed by atoms with Crippen LogP contribution in [0.1, 0.15) is 33.1 Å². The molecule has 1 amide bonds. The lowest BCUT2D eigenvalue weighted by Gasteiger charge is -2.17. The zero-order valence-corrected chi connectivity index (χ0v) is 13.9. The van der Waals surface area contributed by atoms with Gasteiger partial charge in [0.25, 0.3) is 0 Å². The monoisotopic (exact) mass is 332 g/mol. The maximum atomic E-state index is 12.1. The second kappa shape index (κ2) is 8.47. The molecular weight excluding hydrogens is 311 g/mol. The van der Waals surface area contributed by atoms with Crippen LogP contribution in [-0.4, -0.2) is 24.6 Å². The number of para-hydroxylation sites is 1. The van der Waals surface area contributed by atoms with Gasteiger partial charge in [-0.2, -0.15) is 0 Å². The zero-order valence-electron chi connectivity index (χ0n) is 12.3. The first-order chi connectivity index (χ1) is 9.56. The zero-order chi connectivity index (χ0) is 14.5. The van der Waals surface area contributed by atoms with Crippen molar-refractivity contribution in [3.63, 3.8) is 0 Å². The van der Waals surface area contributed by atoms with Crippen LogP contribution in [0.25, 0.3) is 0 Å². The largest absolute Gasteiger partial charge is 0.487 e. The molecule has 1 saturated heterocycles. The molecule has 6 heteroatoms. The number of halogens is 2. The van der Waals surface area contributed by atoms with Gasteiger partial charge in [-0.3, -0.25) is 4.79 Å².